The highest BCUT2D eigenvalue weighted by Gasteiger charge is 2.29. The molecule has 3 rings (SSSR count). The molecule has 1 unspecified atom stereocenters. The van der Waals surface area contributed by atoms with E-state index in [4.69, 9.17) is 0 Å². The summed E-state index contributed by atoms with van der Waals surface area (Å²) in [6.07, 6.45) is 2.63. The molecule has 1 aromatic heterocycles. The third-order valence-corrected chi connectivity index (χ3v) is 5.55. The van der Waals surface area contributed by atoms with E-state index in [-0.39, 0.29) is 0 Å². The minimum absolute atomic E-state index is 0.361. The predicted octanol–water partition coefficient (Wildman–Crippen LogP) is 4.96. The smallest absolute Gasteiger partial charge is 0.0440 e. The first-order chi connectivity index (χ1) is 10.2. The minimum atomic E-state index is 0.361. The molecular weight excluding hydrogens is 344 g/mol. The Kier molecular flexibility index (Phi) is 4.67. The average Bonchev–Trinajstić information content (AvgIpc) is 3.20. The van der Waals surface area contributed by atoms with E-state index in [0.717, 1.165) is 6.54 Å². The zero-order valence-electron chi connectivity index (χ0n) is 12.5. The SMILES string of the molecule is CNC(C)c1ccc(N(Cc2ccsc2)C2CC2)cc1Br. The summed E-state index contributed by atoms with van der Waals surface area (Å²) in [5, 5.41) is 7.71. The van der Waals surface area contributed by atoms with Crippen LogP contribution in [-0.2, 0) is 6.54 Å². The van der Waals surface area contributed by atoms with Crippen LogP contribution >= 0.6 is 27.3 Å². The molecule has 0 spiro atoms. The lowest BCUT2D eigenvalue weighted by Gasteiger charge is -2.25. The summed E-state index contributed by atoms with van der Waals surface area (Å²) >= 11 is 5.52. The van der Waals surface area contributed by atoms with Crippen LogP contribution < -0.4 is 10.2 Å². The lowest BCUT2D eigenvalue weighted by Crippen LogP contribution is -2.25. The molecule has 21 heavy (non-hydrogen) atoms. The van der Waals surface area contributed by atoms with Crippen molar-refractivity contribution in [2.45, 2.75) is 38.4 Å². The van der Waals surface area contributed by atoms with Gasteiger partial charge in [0.25, 0.3) is 0 Å². The van der Waals surface area contributed by atoms with Gasteiger partial charge in [-0.15, -0.1) is 0 Å². The number of benzene rings is 1. The first-order valence-corrected chi connectivity index (χ1v) is 9.17. The second-order valence-electron chi connectivity index (χ2n) is 5.71. The number of nitrogens with one attached hydrogen (secondary N) is 1. The number of hydrogen-bond donors (Lipinski definition) is 1. The Balaban J connectivity index is 1.84. The zero-order valence-corrected chi connectivity index (χ0v) is 14.9. The highest BCUT2D eigenvalue weighted by molar-refractivity contribution is 9.10. The van der Waals surface area contributed by atoms with Crippen molar-refractivity contribution in [3.63, 3.8) is 0 Å². The van der Waals surface area contributed by atoms with Crippen molar-refractivity contribution in [1.82, 2.24) is 5.32 Å². The third-order valence-electron chi connectivity index (χ3n) is 4.14. The highest BCUT2D eigenvalue weighted by Crippen LogP contribution is 2.36. The Morgan fingerprint density at radius 3 is 2.76 bits per heavy atom. The van der Waals surface area contributed by atoms with Gasteiger partial charge in [0.05, 0.1) is 0 Å². The quantitative estimate of drug-likeness (QED) is 0.778. The Hall–Kier alpha value is -0.840. The molecule has 4 heteroatoms. The average molecular weight is 365 g/mol. The van der Waals surface area contributed by atoms with Crippen molar-refractivity contribution in [3.05, 3.63) is 50.6 Å². The Morgan fingerprint density at radius 2 is 2.19 bits per heavy atom. The van der Waals surface area contributed by atoms with Crippen LogP contribution in [0.2, 0.25) is 0 Å². The topological polar surface area (TPSA) is 15.3 Å². The molecule has 1 aliphatic carbocycles. The fourth-order valence-electron chi connectivity index (χ4n) is 2.60. The molecule has 0 amide bonds. The molecule has 2 nitrogen and oxygen atoms in total. The van der Waals surface area contributed by atoms with Crippen LogP contribution in [0.1, 0.15) is 36.9 Å². The zero-order chi connectivity index (χ0) is 14.8. The van der Waals surface area contributed by atoms with Crippen molar-refractivity contribution >= 4 is 33.0 Å². The van der Waals surface area contributed by atoms with Gasteiger partial charge < -0.3 is 10.2 Å². The first kappa shape index (κ1) is 15.1. The van der Waals surface area contributed by atoms with Gasteiger partial charge in [0.2, 0.25) is 0 Å². The Bertz CT molecular complexity index is 593. The van der Waals surface area contributed by atoms with Gasteiger partial charge in [-0.2, -0.15) is 11.3 Å². The molecule has 0 bridgehead atoms. The van der Waals surface area contributed by atoms with Crippen molar-refractivity contribution in [2.24, 2.45) is 0 Å². The molecule has 1 heterocycles. The number of rotatable bonds is 6. The molecule has 0 saturated heterocycles. The summed E-state index contributed by atoms with van der Waals surface area (Å²) in [4.78, 5) is 2.54. The second-order valence-corrected chi connectivity index (χ2v) is 7.34. The first-order valence-electron chi connectivity index (χ1n) is 7.43. The molecular formula is C17H21BrN2S. The summed E-state index contributed by atoms with van der Waals surface area (Å²) in [5.74, 6) is 0. The van der Waals surface area contributed by atoms with Gasteiger partial charge in [0.15, 0.2) is 0 Å². The third kappa shape index (κ3) is 3.50. The van der Waals surface area contributed by atoms with Crippen LogP contribution in [-0.4, -0.2) is 13.1 Å². The summed E-state index contributed by atoms with van der Waals surface area (Å²) in [6, 6.07) is 10.1. The fourth-order valence-corrected chi connectivity index (χ4v) is 3.97. The van der Waals surface area contributed by atoms with Crippen molar-refractivity contribution in [3.8, 4) is 0 Å². The molecule has 0 radical (unpaired) electrons. The highest BCUT2D eigenvalue weighted by atomic mass is 79.9. The van der Waals surface area contributed by atoms with Crippen molar-refractivity contribution in [2.75, 3.05) is 11.9 Å². The van der Waals surface area contributed by atoms with E-state index in [1.807, 2.05) is 7.05 Å². The summed E-state index contributed by atoms with van der Waals surface area (Å²) in [6.45, 7) is 3.20. The molecule has 1 aromatic carbocycles. The van der Waals surface area contributed by atoms with Gasteiger partial charge in [-0.1, -0.05) is 22.0 Å². The van der Waals surface area contributed by atoms with Gasteiger partial charge in [0, 0.05) is 28.8 Å². The summed E-state index contributed by atoms with van der Waals surface area (Å²) in [5.41, 5.74) is 4.05. The van der Waals surface area contributed by atoms with Gasteiger partial charge >= 0.3 is 0 Å². The van der Waals surface area contributed by atoms with Gasteiger partial charge in [-0.05, 0) is 66.9 Å². The molecule has 1 saturated carbocycles. The number of nitrogens with zero attached hydrogens (tertiary/aromatic N) is 1. The number of thiophene rings is 1. The van der Waals surface area contributed by atoms with Gasteiger partial charge in [-0.3, -0.25) is 0 Å². The van der Waals surface area contributed by atoms with Crippen LogP contribution in [0.15, 0.2) is 39.5 Å². The minimum Gasteiger partial charge on any atom is -0.364 e. The number of anilines is 1. The molecule has 1 N–H and O–H groups in total. The van der Waals surface area contributed by atoms with Crippen LogP contribution in [0.3, 0.4) is 0 Å². The van der Waals surface area contributed by atoms with Crippen LogP contribution in [0.4, 0.5) is 5.69 Å². The molecule has 2 aromatic rings. The maximum Gasteiger partial charge on any atom is 0.0440 e. The maximum absolute atomic E-state index is 3.74. The molecule has 1 atom stereocenters. The van der Waals surface area contributed by atoms with E-state index >= 15 is 0 Å². The monoisotopic (exact) mass is 364 g/mol. The normalized spacial score (nSPS) is 16.0. The lowest BCUT2D eigenvalue weighted by molar-refractivity contribution is 0.649. The summed E-state index contributed by atoms with van der Waals surface area (Å²) in [7, 11) is 2.00. The predicted molar refractivity (Wildman–Crippen MR) is 95.1 cm³/mol. The fraction of sp³-hybridized carbons (Fsp3) is 0.412. The lowest BCUT2D eigenvalue weighted by atomic mass is 10.1. The number of halogens is 1. The van der Waals surface area contributed by atoms with E-state index in [0.29, 0.717) is 12.1 Å². The van der Waals surface area contributed by atoms with E-state index < -0.39 is 0 Å². The molecule has 1 fully saturated rings. The largest absolute Gasteiger partial charge is 0.364 e. The Labute approximate surface area is 139 Å². The molecule has 112 valence electrons. The van der Waals surface area contributed by atoms with E-state index in [1.165, 1.54) is 34.1 Å². The molecule has 1 aliphatic rings. The van der Waals surface area contributed by atoms with Crippen molar-refractivity contribution < 1.29 is 0 Å². The van der Waals surface area contributed by atoms with Crippen molar-refractivity contribution in [1.29, 1.82) is 0 Å². The van der Waals surface area contributed by atoms with E-state index in [1.54, 1.807) is 11.3 Å². The van der Waals surface area contributed by atoms with Crippen LogP contribution in [0.25, 0.3) is 0 Å². The van der Waals surface area contributed by atoms with Gasteiger partial charge in [0.1, 0.15) is 0 Å². The number of hydrogen-bond acceptors (Lipinski definition) is 3. The van der Waals surface area contributed by atoms with Crippen LogP contribution in [0, 0.1) is 0 Å². The Morgan fingerprint density at radius 1 is 1.38 bits per heavy atom. The molecule has 0 aliphatic heterocycles. The summed E-state index contributed by atoms with van der Waals surface area (Å²) < 4.78 is 1.19. The van der Waals surface area contributed by atoms with E-state index in [9.17, 15) is 0 Å². The van der Waals surface area contributed by atoms with Crippen LogP contribution in [0.5, 0.6) is 0 Å². The maximum atomic E-state index is 3.74. The standard InChI is InChI=1S/C17H21BrN2S/c1-12(19-2)16-6-5-15(9-17(16)18)20(14-3-4-14)10-13-7-8-21-11-13/h5-9,11-12,14,19H,3-4,10H2,1-2H3. The van der Waals surface area contributed by atoms with Gasteiger partial charge in [-0.25, -0.2) is 0 Å². The second kappa shape index (κ2) is 6.51. The van der Waals surface area contributed by atoms with E-state index in [2.05, 4.69) is 68.1 Å².